The lowest BCUT2D eigenvalue weighted by Gasteiger charge is -2.15. The molecule has 0 aliphatic carbocycles. The van der Waals surface area contributed by atoms with E-state index in [1.807, 2.05) is 43.3 Å². The molecule has 0 spiro atoms. The predicted octanol–water partition coefficient (Wildman–Crippen LogP) is 5.85. The molecule has 0 aliphatic rings. The van der Waals surface area contributed by atoms with E-state index < -0.39 is 11.9 Å². The van der Waals surface area contributed by atoms with Crippen LogP contribution in [0.2, 0.25) is 0 Å². The third-order valence-electron chi connectivity index (χ3n) is 5.46. The van der Waals surface area contributed by atoms with Crippen molar-refractivity contribution >= 4 is 27.9 Å². The number of rotatable bonds is 9. The summed E-state index contributed by atoms with van der Waals surface area (Å²) in [5.41, 5.74) is 2.25. The third-order valence-corrected chi connectivity index (χ3v) is 6.05. The quantitative estimate of drug-likeness (QED) is 0.235. The maximum absolute atomic E-state index is 13.0. The maximum atomic E-state index is 13.0. The zero-order valence-corrected chi connectivity index (χ0v) is 22.2. The highest BCUT2D eigenvalue weighted by Gasteiger charge is 2.32. The van der Waals surface area contributed by atoms with E-state index in [-0.39, 0.29) is 17.0 Å². The molecule has 37 heavy (non-hydrogen) atoms. The number of carbonyl (C=O) groups is 2. The molecule has 0 N–H and O–H groups in total. The molecule has 4 rings (SSSR count). The fourth-order valence-electron chi connectivity index (χ4n) is 3.79. The van der Waals surface area contributed by atoms with Crippen molar-refractivity contribution in [2.24, 2.45) is 0 Å². The van der Waals surface area contributed by atoms with Crippen LogP contribution >= 0.6 is 15.9 Å². The summed E-state index contributed by atoms with van der Waals surface area (Å²) in [5.74, 6) is -0.497. The van der Waals surface area contributed by atoms with Crippen LogP contribution in [0.15, 0.2) is 77.3 Å². The minimum atomic E-state index is -0.727. The highest BCUT2D eigenvalue weighted by molar-refractivity contribution is 9.10. The Labute approximate surface area is 222 Å². The Bertz CT molecular complexity index is 1400. The van der Waals surface area contributed by atoms with E-state index in [0.29, 0.717) is 40.4 Å². The molecule has 8 nitrogen and oxygen atoms in total. The number of hydrogen-bond donors (Lipinski definition) is 0. The van der Waals surface area contributed by atoms with Crippen molar-refractivity contribution in [1.82, 2.24) is 9.78 Å². The van der Waals surface area contributed by atoms with Gasteiger partial charge >= 0.3 is 11.9 Å². The average molecular weight is 565 g/mol. The molecular formula is C28H25BrN2O6. The third kappa shape index (κ3) is 5.51. The number of hydrogen-bond acceptors (Lipinski definition) is 7. The molecule has 0 atom stereocenters. The van der Waals surface area contributed by atoms with E-state index in [4.69, 9.17) is 18.9 Å². The van der Waals surface area contributed by atoms with Gasteiger partial charge in [-0.3, -0.25) is 0 Å². The van der Waals surface area contributed by atoms with Gasteiger partial charge in [-0.1, -0.05) is 48.5 Å². The summed E-state index contributed by atoms with van der Waals surface area (Å²) < 4.78 is 24.0. The molecule has 190 valence electrons. The second-order valence-electron chi connectivity index (χ2n) is 7.80. The molecule has 9 heteroatoms. The fraction of sp³-hybridized carbons (Fsp3) is 0.179. The molecule has 0 saturated carbocycles. The fourth-order valence-corrected chi connectivity index (χ4v) is 4.35. The first-order chi connectivity index (χ1) is 18.0. The molecule has 0 radical (unpaired) electrons. The highest BCUT2D eigenvalue weighted by Crippen LogP contribution is 2.41. The number of nitrogens with zero attached hydrogens (tertiary/aromatic N) is 2. The minimum Gasteiger partial charge on any atom is -0.490 e. The number of para-hydroxylation sites is 1. The van der Waals surface area contributed by atoms with Crippen LogP contribution in [0.3, 0.4) is 0 Å². The van der Waals surface area contributed by atoms with Crippen molar-refractivity contribution in [3.05, 3.63) is 94.1 Å². The number of esters is 2. The van der Waals surface area contributed by atoms with Crippen molar-refractivity contribution in [3.8, 4) is 28.4 Å². The number of methoxy groups -OCH3 is 2. The molecule has 1 heterocycles. The first-order valence-corrected chi connectivity index (χ1v) is 12.3. The Morgan fingerprint density at radius 1 is 0.892 bits per heavy atom. The summed E-state index contributed by atoms with van der Waals surface area (Å²) >= 11 is 3.58. The normalized spacial score (nSPS) is 10.6. The van der Waals surface area contributed by atoms with Crippen LogP contribution in [0.4, 0.5) is 0 Å². The van der Waals surface area contributed by atoms with Crippen LogP contribution in [0.25, 0.3) is 16.9 Å². The Hall–Kier alpha value is -4.11. The van der Waals surface area contributed by atoms with Crippen LogP contribution < -0.4 is 9.47 Å². The topological polar surface area (TPSA) is 88.9 Å². The van der Waals surface area contributed by atoms with Gasteiger partial charge in [0, 0.05) is 5.56 Å². The van der Waals surface area contributed by atoms with Gasteiger partial charge in [0.15, 0.2) is 17.2 Å². The summed E-state index contributed by atoms with van der Waals surface area (Å²) in [4.78, 5) is 25.8. The molecule has 0 aliphatic heterocycles. The van der Waals surface area contributed by atoms with Gasteiger partial charge in [0.05, 0.1) is 31.0 Å². The second-order valence-corrected chi connectivity index (χ2v) is 8.65. The number of halogens is 1. The molecule has 0 saturated heterocycles. The van der Waals surface area contributed by atoms with Crippen LogP contribution in [0, 0.1) is 0 Å². The van der Waals surface area contributed by atoms with E-state index >= 15 is 0 Å². The average Bonchev–Trinajstić information content (AvgIpc) is 3.33. The number of benzene rings is 3. The summed E-state index contributed by atoms with van der Waals surface area (Å²) in [6, 6.07) is 22.2. The smallest absolute Gasteiger partial charge is 0.357 e. The van der Waals surface area contributed by atoms with Crippen LogP contribution in [-0.2, 0) is 16.1 Å². The van der Waals surface area contributed by atoms with Crippen molar-refractivity contribution in [3.63, 3.8) is 0 Å². The lowest BCUT2D eigenvalue weighted by Crippen LogP contribution is -2.15. The maximum Gasteiger partial charge on any atom is 0.357 e. The molecule has 4 aromatic rings. The van der Waals surface area contributed by atoms with E-state index in [2.05, 4.69) is 21.0 Å². The molecule has 0 amide bonds. The van der Waals surface area contributed by atoms with Crippen molar-refractivity contribution in [2.75, 3.05) is 20.8 Å². The minimum absolute atomic E-state index is 0.0227. The lowest BCUT2D eigenvalue weighted by molar-refractivity contribution is 0.0549. The van der Waals surface area contributed by atoms with Gasteiger partial charge in [0.25, 0.3) is 0 Å². The molecule has 0 bridgehead atoms. The standard InChI is InChI=1S/C28H25BrN2O6/c1-4-36-22-16-19(15-21(29)26(22)37-17-18-11-7-5-8-12-18)24-23(27(32)34-2)25(28(33)35-3)31(30-24)20-13-9-6-10-14-20/h5-16H,4,17H2,1-3H3. The largest absolute Gasteiger partial charge is 0.490 e. The zero-order chi connectivity index (χ0) is 26.4. The van der Waals surface area contributed by atoms with E-state index in [9.17, 15) is 9.59 Å². The number of ether oxygens (including phenoxy) is 4. The van der Waals surface area contributed by atoms with Gasteiger partial charge in [0.1, 0.15) is 17.9 Å². The van der Waals surface area contributed by atoms with Gasteiger partial charge < -0.3 is 18.9 Å². The van der Waals surface area contributed by atoms with E-state index in [0.717, 1.165) is 5.56 Å². The van der Waals surface area contributed by atoms with Gasteiger partial charge in [-0.05, 0) is 52.7 Å². The van der Waals surface area contributed by atoms with Crippen LogP contribution in [0.1, 0.15) is 33.3 Å². The Morgan fingerprint density at radius 3 is 2.16 bits per heavy atom. The summed E-state index contributed by atoms with van der Waals surface area (Å²) in [7, 11) is 2.49. The first-order valence-electron chi connectivity index (χ1n) is 11.5. The van der Waals surface area contributed by atoms with Gasteiger partial charge in [0.2, 0.25) is 0 Å². The lowest BCUT2D eigenvalue weighted by atomic mass is 10.0. The highest BCUT2D eigenvalue weighted by atomic mass is 79.9. The van der Waals surface area contributed by atoms with Crippen LogP contribution in [-0.4, -0.2) is 42.5 Å². The predicted molar refractivity (Wildman–Crippen MR) is 141 cm³/mol. The molecule has 1 aromatic heterocycles. The Kier molecular flexibility index (Phi) is 8.25. The van der Waals surface area contributed by atoms with Gasteiger partial charge in [-0.2, -0.15) is 5.10 Å². The number of carbonyl (C=O) groups excluding carboxylic acids is 2. The summed E-state index contributed by atoms with van der Waals surface area (Å²) in [6.45, 7) is 2.58. The Morgan fingerprint density at radius 2 is 1.54 bits per heavy atom. The van der Waals surface area contributed by atoms with E-state index in [1.165, 1.54) is 18.9 Å². The van der Waals surface area contributed by atoms with Crippen molar-refractivity contribution in [2.45, 2.75) is 13.5 Å². The Balaban J connectivity index is 1.88. The summed E-state index contributed by atoms with van der Waals surface area (Å²) in [5, 5.41) is 4.65. The van der Waals surface area contributed by atoms with Crippen molar-refractivity contribution in [1.29, 1.82) is 0 Å². The number of aromatic nitrogens is 2. The SMILES string of the molecule is CCOc1cc(-c2nn(-c3ccccc3)c(C(=O)OC)c2C(=O)OC)cc(Br)c1OCc1ccccc1. The molecular weight excluding hydrogens is 540 g/mol. The van der Waals surface area contributed by atoms with Crippen molar-refractivity contribution < 1.29 is 28.5 Å². The summed E-state index contributed by atoms with van der Waals surface area (Å²) in [6.07, 6.45) is 0. The molecule has 0 unspecified atom stereocenters. The van der Waals surface area contributed by atoms with Gasteiger partial charge in [-0.15, -0.1) is 0 Å². The van der Waals surface area contributed by atoms with E-state index in [1.54, 1.807) is 36.4 Å². The monoisotopic (exact) mass is 564 g/mol. The molecule has 3 aromatic carbocycles. The second kappa shape index (κ2) is 11.7. The zero-order valence-electron chi connectivity index (χ0n) is 20.6. The van der Waals surface area contributed by atoms with Crippen LogP contribution in [0.5, 0.6) is 11.5 Å². The van der Waals surface area contributed by atoms with Gasteiger partial charge in [-0.25, -0.2) is 14.3 Å². The first kappa shape index (κ1) is 26.0. The molecule has 0 fully saturated rings.